The zero-order valence-electron chi connectivity index (χ0n) is 13.4. The van der Waals surface area contributed by atoms with Crippen LogP contribution in [0.1, 0.15) is 12.0 Å². The van der Waals surface area contributed by atoms with Gasteiger partial charge in [-0.2, -0.15) is 0 Å². The molecule has 1 aromatic carbocycles. The third-order valence-corrected chi connectivity index (χ3v) is 6.20. The highest BCUT2D eigenvalue weighted by Crippen LogP contribution is 2.29. The standard InChI is InChI=1S/C15H19FN4O2S2/c1-10-12(20(2)11-5-6-17-7-11)3-4-13(15(10)16)24(21,22)19-14-8-23-9-18-14/h3-4,8-9,11,17,19H,5-7H2,1-2H3. The molecule has 1 atom stereocenters. The van der Waals surface area contributed by atoms with E-state index in [2.05, 4.69) is 15.0 Å². The molecule has 0 spiro atoms. The summed E-state index contributed by atoms with van der Waals surface area (Å²) >= 11 is 1.26. The Hall–Kier alpha value is -1.71. The van der Waals surface area contributed by atoms with Gasteiger partial charge in [-0.25, -0.2) is 17.8 Å². The number of nitrogens with zero attached hydrogens (tertiary/aromatic N) is 2. The van der Waals surface area contributed by atoms with Gasteiger partial charge in [0, 0.05) is 36.3 Å². The molecule has 6 nitrogen and oxygen atoms in total. The molecule has 1 aliphatic heterocycles. The van der Waals surface area contributed by atoms with Gasteiger partial charge in [0.25, 0.3) is 10.0 Å². The molecule has 0 aliphatic carbocycles. The molecule has 9 heteroatoms. The Morgan fingerprint density at radius 2 is 2.25 bits per heavy atom. The van der Waals surface area contributed by atoms with Gasteiger partial charge in [0.15, 0.2) is 5.82 Å². The predicted molar refractivity (Wildman–Crippen MR) is 93.7 cm³/mol. The van der Waals surface area contributed by atoms with Crippen LogP contribution < -0.4 is 14.9 Å². The number of rotatable bonds is 5. The van der Waals surface area contributed by atoms with E-state index in [4.69, 9.17) is 0 Å². The highest BCUT2D eigenvalue weighted by atomic mass is 32.2. The number of hydrogen-bond acceptors (Lipinski definition) is 6. The molecule has 1 saturated heterocycles. The van der Waals surface area contributed by atoms with Crippen LogP contribution in [0, 0.1) is 12.7 Å². The van der Waals surface area contributed by atoms with Crippen LogP contribution in [0.25, 0.3) is 0 Å². The van der Waals surface area contributed by atoms with E-state index in [1.165, 1.54) is 22.9 Å². The van der Waals surface area contributed by atoms with Gasteiger partial charge in [-0.05, 0) is 32.0 Å². The van der Waals surface area contributed by atoms with E-state index in [-0.39, 0.29) is 16.8 Å². The van der Waals surface area contributed by atoms with Crippen molar-refractivity contribution in [3.63, 3.8) is 0 Å². The molecule has 2 heterocycles. The van der Waals surface area contributed by atoms with Crippen LogP contribution in [0.15, 0.2) is 27.9 Å². The summed E-state index contributed by atoms with van der Waals surface area (Å²) in [6, 6.07) is 3.25. The zero-order chi connectivity index (χ0) is 17.3. The van der Waals surface area contributed by atoms with Crippen LogP contribution in [-0.4, -0.2) is 39.6 Å². The first-order valence-electron chi connectivity index (χ1n) is 7.54. The molecule has 2 N–H and O–H groups in total. The van der Waals surface area contributed by atoms with Crippen molar-refractivity contribution < 1.29 is 12.8 Å². The lowest BCUT2D eigenvalue weighted by atomic mass is 10.1. The molecular formula is C15H19FN4O2S2. The lowest BCUT2D eigenvalue weighted by Crippen LogP contribution is -2.34. The fraction of sp³-hybridized carbons (Fsp3) is 0.400. The van der Waals surface area contributed by atoms with Crippen LogP contribution in [0.5, 0.6) is 0 Å². The van der Waals surface area contributed by atoms with Crippen LogP contribution in [0.3, 0.4) is 0 Å². The quantitative estimate of drug-likeness (QED) is 0.844. The van der Waals surface area contributed by atoms with Crippen molar-refractivity contribution in [2.75, 3.05) is 29.8 Å². The molecule has 0 bridgehead atoms. The van der Waals surface area contributed by atoms with Crippen LogP contribution in [-0.2, 0) is 10.0 Å². The summed E-state index contributed by atoms with van der Waals surface area (Å²) in [5, 5.41) is 4.82. The third kappa shape index (κ3) is 3.24. The number of sulfonamides is 1. The lowest BCUT2D eigenvalue weighted by molar-refractivity contribution is 0.563. The van der Waals surface area contributed by atoms with E-state index < -0.39 is 15.8 Å². The van der Waals surface area contributed by atoms with Crippen LogP contribution in [0.2, 0.25) is 0 Å². The number of aromatic nitrogens is 1. The minimum atomic E-state index is -4.01. The minimum Gasteiger partial charge on any atom is -0.370 e. The molecule has 1 fully saturated rings. The van der Waals surface area contributed by atoms with Crippen molar-refractivity contribution in [3.8, 4) is 0 Å². The van der Waals surface area contributed by atoms with E-state index in [0.717, 1.165) is 19.5 Å². The molecule has 3 rings (SSSR count). The van der Waals surface area contributed by atoms with E-state index in [1.54, 1.807) is 18.4 Å². The summed E-state index contributed by atoms with van der Waals surface area (Å²) in [4.78, 5) is 5.50. The largest absolute Gasteiger partial charge is 0.370 e. The van der Waals surface area contributed by atoms with Gasteiger partial charge in [-0.1, -0.05) is 0 Å². The second-order valence-corrected chi connectivity index (χ2v) is 8.13. The van der Waals surface area contributed by atoms with E-state index in [0.29, 0.717) is 11.3 Å². The monoisotopic (exact) mass is 370 g/mol. The Labute approximate surface area is 144 Å². The first-order chi connectivity index (χ1) is 11.4. The Morgan fingerprint density at radius 1 is 1.46 bits per heavy atom. The average molecular weight is 370 g/mol. The average Bonchev–Trinajstić information content (AvgIpc) is 3.21. The number of hydrogen-bond donors (Lipinski definition) is 2. The highest BCUT2D eigenvalue weighted by molar-refractivity contribution is 7.92. The van der Waals surface area contributed by atoms with Crippen LogP contribution in [0.4, 0.5) is 15.9 Å². The maximum absolute atomic E-state index is 14.8. The molecule has 0 saturated carbocycles. The SMILES string of the molecule is Cc1c(N(C)C2CCNC2)ccc(S(=O)(=O)Nc2cscn2)c1F. The Balaban J connectivity index is 1.92. The summed E-state index contributed by atoms with van der Waals surface area (Å²) in [5.41, 5.74) is 2.53. The van der Waals surface area contributed by atoms with Gasteiger partial charge in [-0.3, -0.25) is 4.72 Å². The normalized spacial score (nSPS) is 17.9. The van der Waals surface area contributed by atoms with Gasteiger partial charge >= 0.3 is 0 Å². The van der Waals surface area contributed by atoms with Gasteiger partial charge in [0.2, 0.25) is 0 Å². The number of anilines is 2. The Kier molecular flexibility index (Phi) is 4.75. The smallest absolute Gasteiger partial charge is 0.266 e. The maximum Gasteiger partial charge on any atom is 0.266 e. The van der Waals surface area contributed by atoms with Crippen molar-refractivity contribution in [2.45, 2.75) is 24.3 Å². The van der Waals surface area contributed by atoms with Crippen LogP contribution >= 0.6 is 11.3 Å². The van der Waals surface area contributed by atoms with Gasteiger partial charge in [0.05, 0.1) is 5.51 Å². The van der Waals surface area contributed by atoms with Crippen molar-refractivity contribution >= 4 is 32.9 Å². The third-order valence-electron chi connectivity index (χ3n) is 4.25. The Morgan fingerprint density at radius 3 is 2.88 bits per heavy atom. The molecule has 24 heavy (non-hydrogen) atoms. The van der Waals surface area contributed by atoms with Gasteiger partial charge in [-0.15, -0.1) is 11.3 Å². The second kappa shape index (κ2) is 6.66. The van der Waals surface area contributed by atoms with Crippen molar-refractivity contribution in [3.05, 3.63) is 34.4 Å². The first kappa shape index (κ1) is 17.1. The lowest BCUT2D eigenvalue weighted by Gasteiger charge is -2.28. The summed E-state index contributed by atoms with van der Waals surface area (Å²) in [7, 11) is -2.11. The fourth-order valence-electron chi connectivity index (χ4n) is 2.86. The van der Waals surface area contributed by atoms with Crippen molar-refractivity contribution in [2.24, 2.45) is 0 Å². The molecule has 2 aromatic rings. The summed E-state index contributed by atoms with van der Waals surface area (Å²) in [6.45, 7) is 3.37. The molecule has 0 amide bonds. The molecule has 1 aromatic heterocycles. The molecular weight excluding hydrogens is 351 g/mol. The number of likely N-dealkylation sites (N-methyl/N-ethyl adjacent to an activating group) is 1. The van der Waals surface area contributed by atoms with E-state index in [9.17, 15) is 12.8 Å². The topological polar surface area (TPSA) is 74.3 Å². The Bertz CT molecular complexity index is 818. The first-order valence-corrected chi connectivity index (χ1v) is 9.96. The van der Waals surface area contributed by atoms with Gasteiger partial charge in [0.1, 0.15) is 10.7 Å². The molecule has 1 unspecified atom stereocenters. The fourth-order valence-corrected chi connectivity index (χ4v) is 4.55. The van der Waals surface area contributed by atoms with Crippen molar-refractivity contribution in [1.82, 2.24) is 10.3 Å². The number of thiazole rings is 1. The van der Waals surface area contributed by atoms with Crippen molar-refractivity contribution in [1.29, 1.82) is 0 Å². The second-order valence-electron chi connectivity index (χ2n) is 5.76. The highest BCUT2D eigenvalue weighted by Gasteiger charge is 2.26. The molecule has 1 aliphatic rings. The molecule has 130 valence electrons. The minimum absolute atomic E-state index is 0.190. The summed E-state index contributed by atoms with van der Waals surface area (Å²) in [5.74, 6) is -0.539. The number of benzene rings is 1. The predicted octanol–water partition coefficient (Wildman–Crippen LogP) is 2.19. The van der Waals surface area contributed by atoms with Gasteiger partial charge < -0.3 is 10.2 Å². The summed E-state index contributed by atoms with van der Waals surface area (Å²) < 4.78 is 41.8. The van der Waals surface area contributed by atoms with E-state index >= 15 is 0 Å². The molecule has 0 radical (unpaired) electrons. The number of halogens is 1. The summed E-state index contributed by atoms with van der Waals surface area (Å²) in [6.07, 6.45) is 0.975. The maximum atomic E-state index is 14.8. The van der Waals surface area contributed by atoms with E-state index in [1.807, 2.05) is 11.9 Å². The zero-order valence-corrected chi connectivity index (χ0v) is 15.0. The number of nitrogens with one attached hydrogen (secondary N) is 2.